The molecule has 1 saturated carbocycles. The van der Waals surface area contributed by atoms with E-state index in [1.54, 1.807) is 18.3 Å². The number of aromatic nitrogens is 3. The molecule has 1 aromatic heterocycles. The average Bonchev–Trinajstić information content (AvgIpc) is 3.44. The molecule has 2 aromatic carbocycles. The zero-order chi connectivity index (χ0) is 21.8. The molecule has 0 radical (unpaired) electrons. The molecule has 4 rings (SSSR count). The Morgan fingerprint density at radius 3 is 2.35 bits per heavy atom. The Morgan fingerprint density at radius 2 is 1.71 bits per heavy atom. The van der Waals surface area contributed by atoms with Crippen molar-refractivity contribution >= 4 is 12.1 Å². The number of amides is 1. The third kappa shape index (κ3) is 4.58. The Morgan fingerprint density at radius 1 is 1.06 bits per heavy atom. The van der Waals surface area contributed by atoms with Crippen LogP contribution in [0.5, 0.6) is 5.75 Å². The summed E-state index contributed by atoms with van der Waals surface area (Å²) in [6.45, 7) is 2.58. The van der Waals surface area contributed by atoms with E-state index in [2.05, 4.69) is 20.4 Å². The number of hydrogen-bond donors (Lipinski definition) is 2. The van der Waals surface area contributed by atoms with Crippen LogP contribution in [0.15, 0.2) is 54.7 Å². The molecule has 8 heteroatoms. The first-order valence-electron chi connectivity index (χ1n) is 10.3. The van der Waals surface area contributed by atoms with E-state index >= 15 is 0 Å². The Balaban J connectivity index is 1.49. The van der Waals surface area contributed by atoms with Crippen molar-refractivity contribution in [2.45, 2.75) is 32.2 Å². The topological polar surface area (TPSA) is 106 Å². The third-order valence-corrected chi connectivity index (χ3v) is 5.62. The molecule has 1 fully saturated rings. The number of carbonyl (C=O) groups is 2. The molecule has 1 aliphatic carbocycles. The lowest BCUT2D eigenvalue weighted by Crippen LogP contribution is -2.29. The lowest BCUT2D eigenvalue weighted by molar-refractivity contribution is -0.124. The lowest BCUT2D eigenvalue weighted by atomic mass is 10.0. The average molecular weight is 420 g/mol. The van der Waals surface area contributed by atoms with Gasteiger partial charge in [0, 0.05) is 18.0 Å². The van der Waals surface area contributed by atoms with E-state index in [1.165, 1.54) is 0 Å². The highest BCUT2D eigenvalue weighted by Crippen LogP contribution is 2.37. The summed E-state index contributed by atoms with van der Waals surface area (Å²) in [5, 5.41) is 20.0. The Bertz CT molecular complexity index is 1060. The monoisotopic (exact) mass is 420 g/mol. The predicted molar refractivity (Wildman–Crippen MR) is 115 cm³/mol. The second-order valence-corrected chi connectivity index (χ2v) is 7.59. The summed E-state index contributed by atoms with van der Waals surface area (Å²) < 4.78 is 6.58. The fourth-order valence-corrected chi connectivity index (χ4v) is 4.11. The van der Waals surface area contributed by atoms with Crippen molar-refractivity contribution in [3.63, 3.8) is 0 Å². The first-order chi connectivity index (χ1) is 15.0. The Labute approximate surface area is 179 Å². The number of benzene rings is 2. The predicted octanol–water partition coefficient (Wildman–Crippen LogP) is 4.15. The van der Waals surface area contributed by atoms with Crippen LogP contribution in [0.4, 0.5) is 4.79 Å². The zero-order valence-corrected chi connectivity index (χ0v) is 17.2. The van der Waals surface area contributed by atoms with Crippen LogP contribution in [0.2, 0.25) is 0 Å². The molecule has 1 amide bonds. The van der Waals surface area contributed by atoms with E-state index in [0.717, 1.165) is 41.6 Å². The molecule has 0 saturated heterocycles. The van der Waals surface area contributed by atoms with Crippen LogP contribution >= 0.6 is 0 Å². The van der Waals surface area contributed by atoms with Crippen LogP contribution < -0.4 is 10.1 Å². The fourth-order valence-electron chi connectivity index (χ4n) is 4.11. The number of nitrogens with one attached hydrogen (secondary N) is 1. The van der Waals surface area contributed by atoms with Gasteiger partial charge in [-0.05, 0) is 49.4 Å². The maximum absolute atomic E-state index is 12.2. The molecular formula is C23H24N4O4. The van der Waals surface area contributed by atoms with Crippen LogP contribution in [-0.4, -0.2) is 38.7 Å². The summed E-state index contributed by atoms with van der Waals surface area (Å²) in [4.78, 5) is 22.8. The van der Waals surface area contributed by atoms with E-state index in [4.69, 9.17) is 5.11 Å². The van der Waals surface area contributed by atoms with Gasteiger partial charge in [0.05, 0.1) is 17.9 Å². The molecule has 0 spiro atoms. The molecule has 1 aliphatic rings. The standard InChI is InChI=1S/C23H24N4O4/c1-2-24-22(28)18-7-10-19(13-18)27-21(14-25-26-27)17-5-3-15(4-6-17)16-8-11-20(12-9-16)31-23(29)30/h3-6,8-9,11-12,14,18-19H,2,7,10,13H2,1H3,(H,24,28)(H,29,30)/t18-,19+/m0/s1. The van der Waals surface area contributed by atoms with E-state index in [0.29, 0.717) is 6.54 Å². The minimum atomic E-state index is -1.33. The summed E-state index contributed by atoms with van der Waals surface area (Å²) in [5.74, 6) is 0.429. The first-order valence-corrected chi connectivity index (χ1v) is 10.3. The number of ether oxygens (including phenoxy) is 1. The number of carbonyl (C=O) groups excluding carboxylic acids is 1. The summed E-state index contributed by atoms with van der Waals surface area (Å²) in [7, 11) is 0. The quantitative estimate of drug-likeness (QED) is 0.458. The van der Waals surface area contributed by atoms with Crippen molar-refractivity contribution in [3.05, 3.63) is 54.7 Å². The van der Waals surface area contributed by atoms with Crippen molar-refractivity contribution < 1.29 is 19.4 Å². The molecule has 31 heavy (non-hydrogen) atoms. The highest BCUT2D eigenvalue weighted by molar-refractivity contribution is 5.79. The van der Waals surface area contributed by atoms with Gasteiger partial charge in [-0.2, -0.15) is 0 Å². The first kappa shape index (κ1) is 20.6. The normalized spacial score (nSPS) is 18.0. The van der Waals surface area contributed by atoms with Crippen LogP contribution in [0.3, 0.4) is 0 Å². The fraction of sp³-hybridized carbons (Fsp3) is 0.304. The largest absolute Gasteiger partial charge is 0.511 e. The molecule has 0 unspecified atom stereocenters. The van der Waals surface area contributed by atoms with Crippen molar-refractivity contribution in [2.24, 2.45) is 5.92 Å². The van der Waals surface area contributed by atoms with Crippen LogP contribution in [0, 0.1) is 5.92 Å². The molecule has 3 aromatic rings. The molecule has 2 N–H and O–H groups in total. The van der Waals surface area contributed by atoms with Gasteiger partial charge in [0.15, 0.2) is 0 Å². The van der Waals surface area contributed by atoms with Crippen molar-refractivity contribution in [1.82, 2.24) is 20.3 Å². The molecule has 1 heterocycles. The summed E-state index contributed by atoms with van der Waals surface area (Å²) >= 11 is 0. The number of nitrogens with zero attached hydrogens (tertiary/aromatic N) is 3. The van der Waals surface area contributed by atoms with Gasteiger partial charge in [0.1, 0.15) is 5.75 Å². The Kier molecular flexibility index (Phi) is 5.97. The van der Waals surface area contributed by atoms with E-state index in [-0.39, 0.29) is 23.6 Å². The molecular weight excluding hydrogens is 396 g/mol. The highest BCUT2D eigenvalue weighted by Gasteiger charge is 2.32. The molecule has 160 valence electrons. The van der Waals surface area contributed by atoms with Crippen LogP contribution in [-0.2, 0) is 4.79 Å². The van der Waals surface area contributed by atoms with Crippen molar-refractivity contribution in [1.29, 1.82) is 0 Å². The van der Waals surface area contributed by atoms with E-state index in [1.807, 2.05) is 48.0 Å². The molecule has 0 bridgehead atoms. The second kappa shape index (κ2) is 8.99. The van der Waals surface area contributed by atoms with Gasteiger partial charge in [0.2, 0.25) is 5.91 Å². The molecule has 2 atom stereocenters. The number of rotatable bonds is 6. The van der Waals surface area contributed by atoms with Gasteiger partial charge in [-0.3, -0.25) is 4.79 Å². The summed E-state index contributed by atoms with van der Waals surface area (Å²) in [6.07, 6.45) is 2.95. The van der Waals surface area contributed by atoms with Crippen LogP contribution in [0.1, 0.15) is 32.2 Å². The second-order valence-electron chi connectivity index (χ2n) is 7.59. The molecule has 0 aliphatic heterocycles. The number of hydrogen-bond acceptors (Lipinski definition) is 5. The van der Waals surface area contributed by atoms with Crippen LogP contribution in [0.25, 0.3) is 22.4 Å². The SMILES string of the molecule is CCNC(=O)[C@H]1CC[C@@H](n2nncc2-c2ccc(-c3ccc(OC(=O)O)cc3)cc2)C1. The molecule has 8 nitrogen and oxygen atoms in total. The van der Waals surface area contributed by atoms with Gasteiger partial charge in [-0.1, -0.05) is 41.6 Å². The van der Waals surface area contributed by atoms with E-state index in [9.17, 15) is 9.59 Å². The van der Waals surface area contributed by atoms with Crippen molar-refractivity contribution in [2.75, 3.05) is 6.54 Å². The van der Waals surface area contributed by atoms with Gasteiger partial charge in [0.25, 0.3) is 0 Å². The minimum Gasteiger partial charge on any atom is -0.449 e. The maximum atomic E-state index is 12.2. The van der Waals surface area contributed by atoms with Gasteiger partial charge in [-0.25, -0.2) is 9.48 Å². The van der Waals surface area contributed by atoms with Gasteiger partial charge < -0.3 is 15.2 Å². The van der Waals surface area contributed by atoms with Gasteiger partial charge in [-0.15, -0.1) is 5.10 Å². The summed E-state index contributed by atoms with van der Waals surface area (Å²) in [6, 6.07) is 15.1. The smallest absolute Gasteiger partial charge is 0.449 e. The number of carboxylic acid groups (broad SMARTS) is 1. The highest BCUT2D eigenvalue weighted by atomic mass is 16.7. The summed E-state index contributed by atoms with van der Waals surface area (Å²) in [5.41, 5.74) is 3.89. The minimum absolute atomic E-state index is 0.0254. The lowest BCUT2D eigenvalue weighted by Gasteiger charge is -2.14. The zero-order valence-electron chi connectivity index (χ0n) is 17.2. The van der Waals surface area contributed by atoms with Crippen molar-refractivity contribution in [3.8, 4) is 28.1 Å². The maximum Gasteiger partial charge on any atom is 0.511 e. The Hall–Kier alpha value is -3.68. The van der Waals surface area contributed by atoms with E-state index < -0.39 is 6.16 Å². The van der Waals surface area contributed by atoms with Gasteiger partial charge >= 0.3 is 6.16 Å². The third-order valence-electron chi connectivity index (χ3n) is 5.62.